The van der Waals surface area contributed by atoms with Crippen molar-refractivity contribution < 1.29 is 9.84 Å². The predicted molar refractivity (Wildman–Crippen MR) is 95.1 cm³/mol. The molecule has 0 amide bonds. The molecule has 0 unspecified atom stereocenters. The van der Waals surface area contributed by atoms with Gasteiger partial charge in [-0.3, -0.25) is 0 Å². The van der Waals surface area contributed by atoms with Crippen LogP contribution in [0.25, 0.3) is 16.7 Å². The lowest BCUT2D eigenvalue weighted by atomic mass is 9.93. The van der Waals surface area contributed by atoms with E-state index in [1.807, 2.05) is 30.5 Å². The summed E-state index contributed by atoms with van der Waals surface area (Å²) in [4.78, 5) is 8.93. The highest BCUT2D eigenvalue weighted by molar-refractivity contribution is 5.81. The number of fused-ring (bicyclic) bond motifs is 1. The van der Waals surface area contributed by atoms with E-state index < -0.39 is 0 Å². The Labute approximate surface area is 145 Å². The molecule has 0 aliphatic heterocycles. The fraction of sp³-hybridized carbons (Fsp3) is 0.389. The molecule has 0 atom stereocenters. The van der Waals surface area contributed by atoms with E-state index in [0.717, 1.165) is 42.3 Å². The monoisotopic (exact) mass is 339 g/mol. The van der Waals surface area contributed by atoms with Crippen molar-refractivity contribution in [3.8, 4) is 11.6 Å². The SMILES string of the molecule is COc1ccc2cnn(-c3ccnc(N[C@H]4CC[C@H](O)CC4)n3)c2c1. The van der Waals surface area contributed by atoms with Gasteiger partial charge >= 0.3 is 0 Å². The van der Waals surface area contributed by atoms with Crippen molar-refractivity contribution in [3.63, 3.8) is 0 Å². The number of hydrogen-bond acceptors (Lipinski definition) is 6. The molecular formula is C18H21N5O2. The van der Waals surface area contributed by atoms with Crippen molar-refractivity contribution >= 4 is 16.9 Å². The molecule has 1 aliphatic rings. The van der Waals surface area contributed by atoms with Crippen LogP contribution < -0.4 is 10.1 Å². The molecule has 1 aromatic carbocycles. The van der Waals surface area contributed by atoms with Crippen molar-refractivity contribution in [3.05, 3.63) is 36.7 Å². The third kappa shape index (κ3) is 3.28. The summed E-state index contributed by atoms with van der Waals surface area (Å²) >= 11 is 0. The largest absolute Gasteiger partial charge is 0.497 e. The number of anilines is 1. The minimum atomic E-state index is -0.171. The Hall–Kier alpha value is -2.67. The van der Waals surface area contributed by atoms with Gasteiger partial charge in [0.2, 0.25) is 5.95 Å². The van der Waals surface area contributed by atoms with E-state index in [4.69, 9.17) is 4.74 Å². The molecule has 7 heteroatoms. The first-order valence-corrected chi connectivity index (χ1v) is 8.53. The fourth-order valence-electron chi connectivity index (χ4n) is 3.25. The third-order valence-electron chi connectivity index (χ3n) is 4.67. The van der Waals surface area contributed by atoms with E-state index in [1.54, 1.807) is 18.0 Å². The van der Waals surface area contributed by atoms with Crippen LogP contribution in [0.5, 0.6) is 5.75 Å². The van der Waals surface area contributed by atoms with Gasteiger partial charge in [0.05, 0.1) is 24.9 Å². The summed E-state index contributed by atoms with van der Waals surface area (Å²) in [5, 5.41) is 18.5. The van der Waals surface area contributed by atoms with Crippen LogP contribution in [0.4, 0.5) is 5.95 Å². The van der Waals surface area contributed by atoms with Crippen molar-refractivity contribution in [1.29, 1.82) is 0 Å². The topological polar surface area (TPSA) is 85.1 Å². The minimum Gasteiger partial charge on any atom is -0.497 e. The number of nitrogens with one attached hydrogen (secondary N) is 1. The second kappa shape index (κ2) is 6.68. The predicted octanol–water partition coefficient (Wildman–Crippen LogP) is 2.54. The molecule has 2 aromatic heterocycles. The maximum Gasteiger partial charge on any atom is 0.224 e. The van der Waals surface area contributed by atoms with Crippen LogP contribution in [0.3, 0.4) is 0 Å². The Morgan fingerprint density at radius 2 is 2.04 bits per heavy atom. The van der Waals surface area contributed by atoms with Crippen LogP contribution >= 0.6 is 0 Å². The van der Waals surface area contributed by atoms with Gasteiger partial charge in [-0.05, 0) is 37.8 Å². The number of nitrogens with zero attached hydrogens (tertiary/aromatic N) is 4. The highest BCUT2D eigenvalue weighted by atomic mass is 16.5. The number of benzene rings is 1. The lowest BCUT2D eigenvalue weighted by molar-refractivity contribution is 0.126. The van der Waals surface area contributed by atoms with E-state index in [0.29, 0.717) is 17.8 Å². The normalized spacial score (nSPS) is 20.6. The highest BCUT2D eigenvalue weighted by Gasteiger charge is 2.20. The molecule has 0 saturated heterocycles. The first kappa shape index (κ1) is 15.8. The average molecular weight is 339 g/mol. The average Bonchev–Trinajstić information content (AvgIpc) is 3.07. The lowest BCUT2D eigenvalue weighted by Gasteiger charge is -2.26. The molecule has 0 radical (unpaired) electrons. The van der Waals surface area contributed by atoms with E-state index in [9.17, 15) is 5.11 Å². The zero-order valence-electron chi connectivity index (χ0n) is 14.1. The van der Waals surface area contributed by atoms with E-state index in [1.165, 1.54) is 0 Å². The lowest BCUT2D eigenvalue weighted by Crippen LogP contribution is -2.29. The first-order chi connectivity index (χ1) is 12.2. The maximum absolute atomic E-state index is 9.62. The van der Waals surface area contributed by atoms with Gasteiger partial charge < -0.3 is 15.2 Å². The van der Waals surface area contributed by atoms with Crippen LogP contribution in [0.1, 0.15) is 25.7 Å². The fourth-order valence-corrected chi connectivity index (χ4v) is 3.25. The van der Waals surface area contributed by atoms with E-state index in [2.05, 4.69) is 20.4 Å². The van der Waals surface area contributed by atoms with Crippen LogP contribution in [0.2, 0.25) is 0 Å². The Kier molecular flexibility index (Phi) is 4.23. The van der Waals surface area contributed by atoms with Gasteiger partial charge in [-0.25, -0.2) is 9.67 Å². The van der Waals surface area contributed by atoms with Crippen molar-refractivity contribution in [2.45, 2.75) is 37.8 Å². The van der Waals surface area contributed by atoms with Crippen LogP contribution in [0.15, 0.2) is 36.7 Å². The standard InChI is InChI=1S/C18H21N5O2/c1-25-15-7-2-12-11-20-23(16(12)10-15)17-8-9-19-18(22-17)21-13-3-5-14(24)6-4-13/h2,7-11,13-14,24H,3-6H2,1H3,(H,19,21,22)/t13-,14-. The van der Waals surface area contributed by atoms with Gasteiger partial charge in [0.15, 0.2) is 5.82 Å². The van der Waals surface area contributed by atoms with Crippen LogP contribution in [-0.4, -0.2) is 44.1 Å². The second-order valence-corrected chi connectivity index (χ2v) is 6.37. The third-order valence-corrected chi connectivity index (χ3v) is 4.67. The molecule has 3 aromatic rings. The summed E-state index contributed by atoms with van der Waals surface area (Å²) in [6, 6.07) is 7.97. The zero-order valence-corrected chi connectivity index (χ0v) is 14.1. The number of aliphatic hydroxyl groups excluding tert-OH is 1. The van der Waals surface area contributed by atoms with Gasteiger partial charge in [0.1, 0.15) is 5.75 Å². The Bertz CT molecular complexity index is 871. The van der Waals surface area contributed by atoms with Crippen molar-refractivity contribution in [2.75, 3.05) is 12.4 Å². The molecule has 0 spiro atoms. The van der Waals surface area contributed by atoms with Crippen LogP contribution in [-0.2, 0) is 0 Å². The molecule has 4 rings (SSSR count). The number of ether oxygens (including phenoxy) is 1. The second-order valence-electron chi connectivity index (χ2n) is 6.37. The highest BCUT2D eigenvalue weighted by Crippen LogP contribution is 2.24. The van der Waals surface area contributed by atoms with Gasteiger partial charge in [-0.15, -0.1) is 0 Å². The summed E-state index contributed by atoms with van der Waals surface area (Å²) in [6.07, 6.45) is 6.87. The number of rotatable bonds is 4. The quantitative estimate of drug-likeness (QED) is 0.760. The molecule has 0 bridgehead atoms. The van der Waals surface area contributed by atoms with Crippen molar-refractivity contribution in [1.82, 2.24) is 19.7 Å². The maximum atomic E-state index is 9.62. The summed E-state index contributed by atoms with van der Waals surface area (Å²) < 4.78 is 7.10. The number of aromatic nitrogens is 4. The first-order valence-electron chi connectivity index (χ1n) is 8.53. The summed E-state index contributed by atoms with van der Waals surface area (Å²) in [7, 11) is 1.65. The van der Waals surface area contributed by atoms with E-state index in [-0.39, 0.29) is 6.10 Å². The van der Waals surface area contributed by atoms with Gasteiger partial charge in [0, 0.05) is 29.8 Å². The molecule has 7 nitrogen and oxygen atoms in total. The molecule has 1 fully saturated rings. The summed E-state index contributed by atoms with van der Waals surface area (Å²) in [6.45, 7) is 0. The zero-order chi connectivity index (χ0) is 17.2. The van der Waals surface area contributed by atoms with E-state index >= 15 is 0 Å². The van der Waals surface area contributed by atoms with Gasteiger partial charge in [-0.2, -0.15) is 10.1 Å². The number of hydrogen-bond donors (Lipinski definition) is 2. The Balaban J connectivity index is 1.61. The molecule has 130 valence electrons. The smallest absolute Gasteiger partial charge is 0.224 e. The molecule has 2 N–H and O–H groups in total. The van der Waals surface area contributed by atoms with Crippen LogP contribution in [0, 0.1) is 0 Å². The molecule has 25 heavy (non-hydrogen) atoms. The molecule has 1 saturated carbocycles. The summed E-state index contributed by atoms with van der Waals surface area (Å²) in [5.74, 6) is 2.07. The van der Waals surface area contributed by atoms with Gasteiger partial charge in [0.25, 0.3) is 0 Å². The number of aliphatic hydroxyl groups is 1. The Morgan fingerprint density at radius 1 is 1.20 bits per heavy atom. The van der Waals surface area contributed by atoms with Crippen molar-refractivity contribution in [2.24, 2.45) is 0 Å². The minimum absolute atomic E-state index is 0.171. The number of methoxy groups -OCH3 is 1. The Morgan fingerprint density at radius 3 is 2.84 bits per heavy atom. The molecule has 1 aliphatic carbocycles. The molecular weight excluding hydrogens is 318 g/mol. The molecule has 2 heterocycles. The summed E-state index contributed by atoms with van der Waals surface area (Å²) in [5.41, 5.74) is 0.935. The van der Waals surface area contributed by atoms with Gasteiger partial charge in [-0.1, -0.05) is 0 Å².